The molecule has 0 aliphatic heterocycles. The first-order chi connectivity index (χ1) is 9.56. The second-order valence-electron chi connectivity index (χ2n) is 3.95. The molecule has 0 unspecified atom stereocenters. The lowest BCUT2D eigenvalue weighted by molar-refractivity contribution is -0.131. The van der Waals surface area contributed by atoms with Crippen LogP contribution in [0.15, 0.2) is 42.6 Å². The topological polar surface area (TPSA) is 111 Å². The molecule has 0 aliphatic carbocycles. The Morgan fingerprint density at radius 2 is 1.90 bits per heavy atom. The molecule has 0 saturated carbocycles. The fourth-order valence-corrected chi connectivity index (χ4v) is 1.54. The Morgan fingerprint density at radius 3 is 2.55 bits per heavy atom. The van der Waals surface area contributed by atoms with Gasteiger partial charge in [-0.3, -0.25) is 0 Å². The highest BCUT2D eigenvalue weighted by Crippen LogP contribution is 2.29. The Hall–Kier alpha value is -3.02. The van der Waals surface area contributed by atoms with Crippen molar-refractivity contribution in [1.82, 2.24) is 4.98 Å². The number of carboxylic acid groups (broad SMARTS) is 1. The molecule has 6 heteroatoms. The summed E-state index contributed by atoms with van der Waals surface area (Å²) < 4.78 is 5.66. The lowest BCUT2D eigenvalue weighted by atomic mass is 10.2. The number of nitrogen functional groups attached to an aromatic ring is 2. The maximum atomic E-state index is 10.6. The standard InChI is InChI=1S/C14H13N3O3/c15-9-1-3-10(4-2-9)20-12-7-8-17-14(16)11(12)5-6-13(18)19/h1-8H,15H2,(H2,16,17)(H,18,19). The molecule has 1 aromatic carbocycles. The van der Waals surface area contributed by atoms with E-state index in [9.17, 15) is 4.79 Å². The number of ether oxygens (including phenoxy) is 1. The highest BCUT2D eigenvalue weighted by Gasteiger charge is 2.07. The van der Waals surface area contributed by atoms with Gasteiger partial charge < -0.3 is 21.3 Å². The maximum Gasteiger partial charge on any atom is 0.328 e. The summed E-state index contributed by atoms with van der Waals surface area (Å²) in [6.07, 6.45) is 3.81. The van der Waals surface area contributed by atoms with Gasteiger partial charge in [-0.2, -0.15) is 0 Å². The Morgan fingerprint density at radius 1 is 1.20 bits per heavy atom. The summed E-state index contributed by atoms with van der Waals surface area (Å²) in [6.45, 7) is 0. The summed E-state index contributed by atoms with van der Waals surface area (Å²) in [5, 5.41) is 8.67. The van der Waals surface area contributed by atoms with Crippen molar-refractivity contribution in [2.24, 2.45) is 0 Å². The van der Waals surface area contributed by atoms with E-state index in [-0.39, 0.29) is 5.82 Å². The van der Waals surface area contributed by atoms with E-state index in [1.54, 1.807) is 30.3 Å². The Kier molecular flexibility index (Phi) is 3.85. The normalized spacial score (nSPS) is 10.6. The molecule has 0 bridgehead atoms. The zero-order chi connectivity index (χ0) is 14.5. The number of hydrogen-bond donors (Lipinski definition) is 3. The minimum atomic E-state index is -1.08. The second kappa shape index (κ2) is 5.75. The van der Waals surface area contributed by atoms with Crippen LogP contribution >= 0.6 is 0 Å². The van der Waals surface area contributed by atoms with Gasteiger partial charge in [0, 0.05) is 18.0 Å². The molecular formula is C14H13N3O3. The highest BCUT2D eigenvalue weighted by molar-refractivity contribution is 5.87. The van der Waals surface area contributed by atoms with Crippen molar-refractivity contribution in [3.05, 3.63) is 48.2 Å². The van der Waals surface area contributed by atoms with Gasteiger partial charge >= 0.3 is 5.97 Å². The molecule has 0 amide bonds. The van der Waals surface area contributed by atoms with Crippen molar-refractivity contribution < 1.29 is 14.6 Å². The number of nitrogens with zero attached hydrogens (tertiary/aromatic N) is 1. The van der Waals surface area contributed by atoms with Crippen molar-refractivity contribution in [3.8, 4) is 11.5 Å². The number of carbonyl (C=O) groups is 1. The van der Waals surface area contributed by atoms with Gasteiger partial charge in [-0.25, -0.2) is 9.78 Å². The first-order valence-corrected chi connectivity index (χ1v) is 5.75. The van der Waals surface area contributed by atoms with Gasteiger partial charge in [0.15, 0.2) is 0 Å². The number of pyridine rings is 1. The molecule has 0 aliphatic rings. The van der Waals surface area contributed by atoms with Crippen molar-refractivity contribution in [1.29, 1.82) is 0 Å². The van der Waals surface area contributed by atoms with Gasteiger partial charge in [-0.1, -0.05) is 0 Å². The Balaban J connectivity index is 2.33. The van der Waals surface area contributed by atoms with E-state index in [0.717, 1.165) is 6.08 Å². The van der Waals surface area contributed by atoms with Crippen LogP contribution in [0.5, 0.6) is 11.5 Å². The monoisotopic (exact) mass is 271 g/mol. The summed E-state index contributed by atoms with van der Waals surface area (Å²) in [5.41, 5.74) is 12.4. The molecule has 20 heavy (non-hydrogen) atoms. The molecule has 2 rings (SSSR count). The molecule has 0 fully saturated rings. The molecular weight excluding hydrogens is 258 g/mol. The number of aliphatic carboxylic acids is 1. The molecule has 2 aromatic rings. The van der Waals surface area contributed by atoms with Crippen LogP contribution in [0.1, 0.15) is 5.56 Å². The van der Waals surface area contributed by atoms with Crippen LogP contribution in [0.4, 0.5) is 11.5 Å². The highest BCUT2D eigenvalue weighted by atomic mass is 16.5. The average molecular weight is 271 g/mol. The van der Waals surface area contributed by atoms with Crippen LogP contribution in [-0.4, -0.2) is 16.1 Å². The molecule has 0 saturated heterocycles. The summed E-state index contributed by atoms with van der Waals surface area (Å²) in [5.74, 6) is 0.0941. The van der Waals surface area contributed by atoms with Crippen molar-refractivity contribution in [2.45, 2.75) is 0 Å². The van der Waals surface area contributed by atoms with E-state index in [4.69, 9.17) is 21.3 Å². The molecule has 0 spiro atoms. The first kappa shape index (κ1) is 13.4. The number of hydrogen-bond acceptors (Lipinski definition) is 5. The van der Waals surface area contributed by atoms with Gasteiger partial charge in [-0.15, -0.1) is 0 Å². The van der Waals surface area contributed by atoms with E-state index in [1.165, 1.54) is 12.3 Å². The second-order valence-corrected chi connectivity index (χ2v) is 3.95. The molecule has 6 nitrogen and oxygen atoms in total. The van der Waals surface area contributed by atoms with Gasteiger partial charge in [0.05, 0.1) is 5.56 Å². The van der Waals surface area contributed by atoms with E-state index in [2.05, 4.69) is 4.98 Å². The van der Waals surface area contributed by atoms with Crippen molar-refractivity contribution >= 4 is 23.6 Å². The van der Waals surface area contributed by atoms with Crippen LogP contribution in [-0.2, 0) is 4.79 Å². The largest absolute Gasteiger partial charge is 0.478 e. The predicted molar refractivity (Wildman–Crippen MR) is 76.2 cm³/mol. The van der Waals surface area contributed by atoms with Gasteiger partial charge in [0.2, 0.25) is 0 Å². The van der Waals surface area contributed by atoms with Crippen LogP contribution in [0.3, 0.4) is 0 Å². The van der Waals surface area contributed by atoms with Gasteiger partial charge in [-0.05, 0) is 36.4 Å². The molecule has 0 atom stereocenters. The van der Waals surface area contributed by atoms with Crippen LogP contribution < -0.4 is 16.2 Å². The number of nitrogens with two attached hydrogens (primary N) is 2. The van der Waals surface area contributed by atoms with E-state index in [1.807, 2.05) is 0 Å². The van der Waals surface area contributed by atoms with Crippen LogP contribution in [0.2, 0.25) is 0 Å². The van der Waals surface area contributed by atoms with Crippen molar-refractivity contribution in [3.63, 3.8) is 0 Å². The average Bonchev–Trinajstić information content (AvgIpc) is 2.40. The molecule has 1 heterocycles. The zero-order valence-electron chi connectivity index (χ0n) is 10.5. The fraction of sp³-hybridized carbons (Fsp3) is 0. The minimum Gasteiger partial charge on any atom is -0.478 e. The minimum absolute atomic E-state index is 0.190. The van der Waals surface area contributed by atoms with Crippen molar-refractivity contribution in [2.75, 3.05) is 11.5 Å². The predicted octanol–water partition coefficient (Wildman–Crippen LogP) is 2.14. The third kappa shape index (κ3) is 3.26. The van der Waals surface area contributed by atoms with E-state index < -0.39 is 5.97 Å². The van der Waals surface area contributed by atoms with Crippen LogP contribution in [0.25, 0.3) is 6.08 Å². The Labute approximate surface area is 115 Å². The van der Waals surface area contributed by atoms with Gasteiger partial charge in [0.1, 0.15) is 17.3 Å². The lowest BCUT2D eigenvalue weighted by Crippen LogP contribution is -1.97. The Bertz CT molecular complexity index is 651. The number of aromatic nitrogens is 1. The first-order valence-electron chi connectivity index (χ1n) is 5.75. The third-order valence-electron chi connectivity index (χ3n) is 2.48. The summed E-state index contributed by atoms with van der Waals surface area (Å²) in [7, 11) is 0. The fourth-order valence-electron chi connectivity index (χ4n) is 1.54. The van der Waals surface area contributed by atoms with Gasteiger partial charge in [0.25, 0.3) is 0 Å². The lowest BCUT2D eigenvalue weighted by Gasteiger charge is -2.10. The summed E-state index contributed by atoms with van der Waals surface area (Å²) in [4.78, 5) is 14.5. The third-order valence-corrected chi connectivity index (χ3v) is 2.48. The SMILES string of the molecule is Nc1ccc(Oc2ccnc(N)c2C=CC(=O)O)cc1. The zero-order valence-corrected chi connectivity index (χ0v) is 10.5. The molecule has 102 valence electrons. The smallest absolute Gasteiger partial charge is 0.328 e. The number of anilines is 2. The van der Waals surface area contributed by atoms with Crippen LogP contribution in [0, 0.1) is 0 Å². The molecule has 0 radical (unpaired) electrons. The summed E-state index contributed by atoms with van der Waals surface area (Å²) in [6, 6.07) is 8.42. The molecule has 1 aromatic heterocycles. The number of benzene rings is 1. The maximum absolute atomic E-state index is 10.6. The van der Waals surface area contributed by atoms with E-state index >= 15 is 0 Å². The summed E-state index contributed by atoms with van der Waals surface area (Å²) >= 11 is 0. The number of carboxylic acids is 1. The van der Waals surface area contributed by atoms with E-state index in [0.29, 0.717) is 22.7 Å². The quantitative estimate of drug-likeness (QED) is 0.580. The number of rotatable bonds is 4. The molecule has 5 N–H and O–H groups in total.